The highest BCUT2D eigenvalue weighted by molar-refractivity contribution is 5.81. The van der Waals surface area contributed by atoms with Crippen LogP contribution >= 0.6 is 0 Å². The van der Waals surface area contributed by atoms with Crippen molar-refractivity contribution in [3.8, 4) is 11.1 Å². The Labute approximate surface area is 225 Å². The van der Waals surface area contributed by atoms with Crippen LogP contribution in [0.25, 0.3) is 11.1 Å². The minimum atomic E-state index is -0.171. The van der Waals surface area contributed by atoms with Crippen molar-refractivity contribution in [1.29, 1.82) is 0 Å². The third-order valence-electron chi connectivity index (χ3n) is 7.95. The van der Waals surface area contributed by atoms with E-state index in [1.54, 1.807) is 24.8 Å². The molecule has 0 radical (unpaired) electrons. The number of ether oxygens (including phenoxy) is 1. The summed E-state index contributed by atoms with van der Waals surface area (Å²) in [6, 6.07) is 21.3. The molecule has 2 fully saturated rings. The number of methoxy groups -OCH3 is 1. The smallest absolute Gasteiger partial charge is 0.250 e. The zero-order valence-electron chi connectivity index (χ0n) is 22.6. The van der Waals surface area contributed by atoms with Crippen molar-refractivity contribution in [3.63, 3.8) is 0 Å². The molecular formula is C32H39N3O3. The maximum atomic E-state index is 14.2. The van der Waals surface area contributed by atoms with Gasteiger partial charge in [0.05, 0.1) is 5.92 Å². The molecule has 1 N–H and O–H groups in total. The maximum absolute atomic E-state index is 14.2. The molecule has 200 valence electrons. The summed E-state index contributed by atoms with van der Waals surface area (Å²) in [5.41, 5.74) is 5.79. The molecule has 6 heteroatoms. The van der Waals surface area contributed by atoms with E-state index in [9.17, 15) is 9.59 Å². The minimum absolute atomic E-state index is 0.0231. The third kappa shape index (κ3) is 6.25. The van der Waals surface area contributed by atoms with Crippen molar-refractivity contribution < 1.29 is 9.53 Å². The molecule has 1 saturated heterocycles. The van der Waals surface area contributed by atoms with Crippen LogP contribution in [-0.2, 0) is 29.5 Å². The molecule has 2 heterocycles. The first-order chi connectivity index (χ1) is 18.5. The first kappa shape index (κ1) is 26.4. The monoisotopic (exact) mass is 513 g/mol. The van der Waals surface area contributed by atoms with Crippen LogP contribution in [0.2, 0.25) is 0 Å². The van der Waals surface area contributed by atoms with Crippen molar-refractivity contribution in [3.05, 3.63) is 93.9 Å². The summed E-state index contributed by atoms with van der Waals surface area (Å²) >= 11 is 0. The summed E-state index contributed by atoms with van der Waals surface area (Å²) in [7, 11) is 3.50. The van der Waals surface area contributed by atoms with Crippen molar-refractivity contribution in [1.82, 2.24) is 14.8 Å². The van der Waals surface area contributed by atoms with Gasteiger partial charge in [0.1, 0.15) is 0 Å². The van der Waals surface area contributed by atoms with Crippen molar-refractivity contribution in [2.24, 2.45) is 13.0 Å². The third-order valence-corrected chi connectivity index (χ3v) is 7.95. The largest absolute Gasteiger partial charge is 0.385 e. The van der Waals surface area contributed by atoms with Gasteiger partial charge in [0.2, 0.25) is 5.91 Å². The SMILES string of the molecule is COCCCc1cc(CN(C(=O)[C@H]2CNCC[C@@H]2c2ccn(C)c(=O)c2)C2CC2)cc(-c2ccccc2)c1. The van der Waals surface area contributed by atoms with Crippen LogP contribution in [-0.4, -0.2) is 48.2 Å². The topological polar surface area (TPSA) is 63.6 Å². The number of aromatic nitrogens is 1. The Hall–Kier alpha value is -3.22. The summed E-state index contributed by atoms with van der Waals surface area (Å²) < 4.78 is 6.88. The standard InChI is InChI=1S/C32H39N3O3/c1-34-15-13-26(20-31(34)36)29-12-14-33-21-30(29)32(37)35(28-10-11-28)22-24-17-23(7-6-16-38-2)18-27(19-24)25-8-4-3-5-9-25/h3-5,8-9,13,15,17-20,28-30,33H,6-7,10-12,14,16,21-22H2,1-2H3/t29-,30+/m1/s1. The summed E-state index contributed by atoms with van der Waals surface area (Å²) in [4.78, 5) is 28.6. The average molecular weight is 514 g/mol. The van der Waals surface area contributed by atoms with Crippen LogP contribution in [0.4, 0.5) is 0 Å². The number of nitrogens with zero attached hydrogens (tertiary/aromatic N) is 2. The molecule has 0 bridgehead atoms. The van der Waals surface area contributed by atoms with Gasteiger partial charge in [-0.05, 0) is 84.5 Å². The number of carbonyl (C=O) groups excluding carboxylic acids is 1. The Morgan fingerprint density at radius 3 is 2.55 bits per heavy atom. The number of hydrogen-bond acceptors (Lipinski definition) is 4. The normalized spacial score (nSPS) is 19.3. The Bertz CT molecular complexity index is 1300. The number of amides is 1. The van der Waals surface area contributed by atoms with Crippen LogP contribution in [0.15, 0.2) is 71.7 Å². The van der Waals surface area contributed by atoms with E-state index >= 15 is 0 Å². The number of pyridine rings is 1. The highest BCUT2D eigenvalue weighted by Crippen LogP contribution is 2.36. The van der Waals surface area contributed by atoms with Gasteiger partial charge in [0, 0.05) is 52.2 Å². The number of nitrogens with one attached hydrogen (secondary N) is 1. The van der Waals surface area contributed by atoms with Gasteiger partial charge in [-0.25, -0.2) is 0 Å². The molecule has 1 amide bonds. The van der Waals surface area contributed by atoms with E-state index in [4.69, 9.17) is 4.74 Å². The Morgan fingerprint density at radius 2 is 1.82 bits per heavy atom. The number of carbonyl (C=O) groups is 1. The highest BCUT2D eigenvalue weighted by atomic mass is 16.5. The molecule has 2 atom stereocenters. The first-order valence-corrected chi connectivity index (χ1v) is 13.9. The van der Waals surface area contributed by atoms with Crippen LogP contribution < -0.4 is 10.9 Å². The quantitative estimate of drug-likeness (QED) is 0.405. The number of piperidine rings is 1. The van der Waals surface area contributed by atoms with Crippen molar-refractivity contribution >= 4 is 5.91 Å². The van der Waals surface area contributed by atoms with Gasteiger partial charge in [-0.15, -0.1) is 0 Å². The van der Waals surface area contributed by atoms with E-state index in [1.165, 1.54) is 22.3 Å². The van der Waals surface area contributed by atoms with Crippen molar-refractivity contribution in [2.75, 3.05) is 26.8 Å². The predicted octanol–water partition coefficient (Wildman–Crippen LogP) is 4.52. The van der Waals surface area contributed by atoms with Gasteiger partial charge < -0.3 is 19.5 Å². The lowest BCUT2D eigenvalue weighted by atomic mass is 9.80. The van der Waals surface area contributed by atoms with E-state index in [-0.39, 0.29) is 23.3 Å². The zero-order valence-corrected chi connectivity index (χ0v) is 22.6. The summed E-state index contributed by atoms with van der Waals surface area (Å²) in [6.45, 7) is 2.85. The molecule has 1 aliphatic carbocycles. The molecule has 1 saturated carbocycles. The van der Waals surface area contributed by atoms with Crippen LogP contribution in [0.3, 0.4) is 0 Å². The van der Waals surface area contributed by atoms with Gasteiger partial charge in [0.15, 0.2) is 0 Å². The lowest BCUT2D eigenvalue weighted by Crippen LogP contribution is -2.47. The van der Waals surface area contributed by atoms with Crippen LogP contribution in [0.5, 0.6) is 0 Å². The first-order valence-electron chi connectivity index (χ1n) is 13.9. The predicted molar refractivity (Wildman–Crippen MR) is 151 cm³/mol. The summed E-state index contributed by atoms with van der Waals surface area (Å²) in [5.74, 6) is 0.0884. The molecule has 1 aliphatic heterocycles. The zero-order chi connectivity index (χ0) is 26.5. The lowest BCUT2D eigenvalue weighted by molar-refractivity contribution is -0.138. The van der Waals surface area contributed by atoms with Gasteiger partial charge in [-0.2, -0.15) is 0 Å². The molecule has 0 unspecified atom stereocenters. The fourth-order valence-corrected chi connectivity index (χ4v) is 5.71. The second kappa shape index (κ2) is 12.1. The van der Waals surface area contributed by atoms with E-state index < -0.39 is 0 Å². The van der Waals surface area contributed by atoms with E-state index in [0.29, 0.717) is 19.1 Å². The molecule has 0 spiro atoms. The van der Waals surface area contributed by atoms with E-state index in [0.717, 1.165) is 50.8 Å². The highest BCUT2D eigenvalue weighted by Gasteiger charge is 2.40. The number of rotatable bonds is 10. The van der Waals surface area contributed by atoms with Gasteiger partial charge in [0.25, 0.3) is 5.56 Å². The number of aryl methyl sites for hydroxylation is 2. The molecule has 1 aromatic heterocycles. The lowest BCUT2D eigenvalue weighted by Gasteiger charge is -2.36. The number of hydrogen-bond donors (Lipinski definition) is 1. The van der Waals surface area contributed by atoms with Crippen LogP contribution in [0.1, 0.15) is 48.3 Å². The Morgan fingerprint density at radius 1 is 1.03 bits per heavy atom. The average Bonchev–Trinajstić information content (AvgIpc) is 3.79. The molecule has 38 heavy (non-hydrogen) atoms. The molecule has 2 aromatic carbocycles. The molecule has 2 aliphatic rings. The Balaban J connectivity index is 1.42. The van der Waals surface area contributed by atoms with Gasteiger partial charge >= 0.3 is 0 Å². The molecule has 3 aromatic rings. The summed E-state index contributed by atoms with van der Waals surface area (Å²) in [5, 5.41) is 3.45. The second-order valence-electron chi connectivity index (χ2n) is 10.8. The molecule has 5 rings (SSSR count). The van der Waals surface area contributed by atoms with Gasteiger partial charge in [-0.3, -0.25) is 9.59 Å². The molecule has 6 nitrogen and oxygen atoms in total. The maximum Gasteiger partial charge on any atom is 0.250 e. The second-order valence-corrected chi connectivity index (χ2v) is 10.8. The van der Waals surface area contributed by atoms with E-state index in [1.807, 2.05) is 18.3 Å². The fraction of sp³-hybridized carbons (Fsp3) is 0.438. The fourth-order valence-electron chi connectivity index (χ4n) is 5.71. The van der Waals surface area contributed by atoms with E-state index in [2.05, 4.69) is 52.7 Å². The minimum Gasteiger partial charge on any atom is -0.385 e. The summed E-state index contributed by atoms with van der Waals surface area (Å²) in [6.07, 6.45) is 6.69. The number of benzene rings is 2. The van der Waals surface area contributed by atoms with Crippen molar-refractivity contribution in [2.45, 2.75) is 50.6 Å². The van der Waals surface area contributed by atoms with Gasteiger partial charge in [-0.1, -0.05) is 42.5 Å². The Kier molecular flexibility index (Phi) is 8.40. The molecular weight excluding hydrogens is 474 g/mol. The van der Waals surface area contributed by atoms with Crippen LogP contribution in [0, 0.1) is 5.92 Å².